The Kier molecular flexibility index (Phi) is 4.00. The van der Waals surface area contributed by atoms with Crippen LogP contribution >= 0.6 is 0 Å². The van der Waals surface area contributed by atoms with Gasteiger partial charge in [0.25, 0.3) is 5.91 Å². The van der Waals surface area contributed by atoms with Gasteiger partial charge in [-0.3, -0.25) is 9.89 Å². The number of aromatic amines is 1. The number of rotatable bonds is 3. The minimum absolute atomic E-state index is 0.0580. The van der Waals surface area contributed by atoms with E-state index in [0.29, 0.717) is 5.69 Å². The molecule has 1 fully saturated rings. The molecule has 1 amide bonds. The highest BCUT2D eigenvalue weighted by molar-refractivity contribution is 5.93. The average molecular weight is 376 g/mol. The summed E-state index contributed by atoms with van der Waals surface area (Å²) in [6.45, 7) is 0. The van der Waals surface area contributed by atoms with Crippen LogP contribution in [0.2, 0.25) is 0 Å². The van der Waals surface area contributed by atoms with Gasteiger partial charge in [-0.05, 0) is 49.9 Å². The first-order valence-corrected chi connectivity index (χ1v) is 9.89. The van der Waals surface area contributed by atoms with Gasteiger partial charge in [-0.1, -0.05) is 18.2 Å². The normalized spacial score (nSPS) is 20.0. The Morgan fingerprint density at radius 3 is 2.86 bits per heavy atom. The van der Waals surface area contributed by atoms with E-state index in [2.05, 4.69) is 15.5 Å². The van der Waals surface area contributed by atoms with Gasteiger partial charge in [-0.15, -0.1) is 0 Å². The van der Waals surface area contributed by atoms with Crippen molar-refractivity contribution in [2.75, 3.05) is 0 Å². The zero-order valence-corrected chi connectivity index (χ0v) is 15.9. The van der Waals surface area contributed by atoms with Crippen LogP contribution in [0.4, 0.5) is 0 Å². The number of nitrogens with zero attached hydrogens (tertiary/aromatic N) is 2. The molecule has 2 N–H and O–H groups in total. The smallest absolute Gasteiger partial charge is 0.269 e. The first-order valence-electron chi connectivity index (χ1n) is 9.89. The number of H-pyrrole nitrogens is 1. The van der Waals surface area contributed by atoms with Crippen LogP contribution in [0.1, 0.15) is 54.2 Å². The van der Waals surface area contributed by atoms with E-state index < -0.39 is 0 Å². The second-order valence-electron chi connectivity index (χ2n) is 7.93. The summed E-state index contributed by atoms with van der Waals surface area (Å²) < 4.78 is 8.37. The molecule has 6 heteroatoms. The lowest BCUT2D eigenvalue weighted by atomic mass is 9.86. The van der Waals surface area contributed by atoms with E-state index >= 15 is 0 Å². The number of para-hydroxylation sites is 1. The lowest BCUT2D eigenvalue weighted by Gasteiger charge is -2.40. The van der Waals surface area contributed by atoms with Gasteiger partial charge in [0.15, 0.2) is 0 Å². The molecule has 0 bridgehead atoms. The number of hydrogen-bond acceptors (Lipinski definition) is 3. The van der Waals surface area contributed by atoms with Crippen LogP contribution in [0.25, 0.3) is 11.4 Å². The van der Waals surface area contributed by atoms with Crippen LogP contribution in [0.15, 0.2) is 48.7 Å². The second-order valence-corrected chi connectivity index (χ2v) is 7.93. The maximum absolute atomic E-state index is 13.0. The topological polar surface area (TPSA) is 71.9 Å². The van der Waals surface area contributed by atoms with Crippen LogP contribution < -0.4 is 10.1 Å². The molecule has 2 aliphatic rings. The lowest BCUT2D eigenvalue weighted by Crippen LogP contribution is -2.43. The molecule has 1 aliphatic heterocycles. The molecule has 0 unspecified atom stereocenters. The monoisotopic (exact) mass is 376 g/mol. The molecule has 1 aliphatic carbocycles. The highest BCUT2D eigenvalue weighted by Crippen LogP contribution is 2.47. The molecule has 1 atom stereocenters. The number of ether oxygens (including phenoxy) is 1. The summed E-state index contributed by atoms with van der Waals surface area (Å²) in [5, 5.41) is 10.4. The Balaban J connectivity index is 1.40. The van der Waals surface area contributed by atoms with Crippen molar-refractivity contribution < 1.29 is 9.53 Å². The van der Waals surface area contributed by atoms with Crippen LogP contribution in [-0.4, -0.2) is 26.3 Å². The van der Waals surface area contributed by atoms with Crippen LogP contribution in [0.3, 0.4) is 0 Å². The molecular formula is C22H24N4O2. The first-order chi connectivity index (χ1) is 13.6. The number of aromatic nitrogens is 3. The van der Waals surface area contributed by atoms with Gasteiger partial charge >= 0.3 is 0 Å². The molecule has 6 nitrogen and oxygen atoms in total. The van der Waals surface area contributed by atoms with Crippen molar-refractivity contribution >= 4 is 5.91 Å². The van der Waals surface area contributed by atoms with Gasteiger partial charge in [-0.2, -0.15) is 5.10 Å². The molecular weight excluding hydrogens is 352 g/mol. The molecule has 2 aromatic heterocycles. The predicted octanol–water partition coefficient (Wildman–Crippen LogP) is 3.98. The molecule has 28 heavy (non-hydrogen) atoms. The molecule has 5 rings (SSSR count). The van der Waals surface area contributed by atoms with E-state index in [1.807, 2.05) is 54.2 Å². The fourth-order valence-electron chi connectivity index (χ4n) is 4.61. The van der Waals surface area contributed by atoms with Crippen molar-refractivity contribution in [2.24, 2.45) is 7.05 Å². The van der Waals surface area contributed by atoms with Gasteiger partial charge in [0.2, 0.25) is 0 Å². The Bertz CT molecular complexity index is 1010. The van der Waals surface area contributed by atoms with Crippen molar-refractivity contribution in [3.63, 3.8) is 0 Å². The fourth-order valence-corrected chi connectivity index (χ4v) is 4.61. The molecule has 1 spiro atoms. The molecule has 144 valence electrons. The third-order valence-electron chi connectivity index (χ3n) is 6.05. The highest BCUT2D eigenvalue weighted by atomic mass is 16.5. The SMILES string of the molecule is Cn1cccc1-c1cc(C(=O)N[C@H]2CC3(CCCC3)Oc3ccccc32)[nH]n1. The van der Waals surface area contributed by atoms with E-state index in [-0.39, 0.29) is 17.6 Å². The van der Waals surface area contributed by atoms with Crippen molar-refractivity contribution in [1.29, 1.82) is 0 Å². The quantitative estimate of drug-likeness (QED) is 0.726. The number of nitrogens with one attached hydrogen (secondary N) is 2. The van der Waals surface area contributed by atoms with E-state index in [1.165, 1.54) is 12.8 Å². The molecule has 1 aromatic carbocycles. The standard InChI is InChI=1S/C22H24N4O2/c1-26-12-6-8-19(26)16-13-17(25-24-16)21(27)23-18-14-22(10-4-5-11-22)28-20-9-3-2-7-15(18)20/h2-3,6-9,12-13,18H,4-5,10-11,14H2,1H3,(H,23,27)(H,24,25)/t18-/m0/s1. The number of fused-ring (bicyclic) bond motifs is 1. The van der Waals surface area contributed by atoms with Gasteiger partial charge in [0.1, 0.15) is 22.7 Å². The Hall–Kier alpha value is -3.02. The summed E-state index contributed by atoms with van der Waals surface area (Å²) in [7, 11) is 1.96. The van der Waals surface area contributed by atoms with Crippen molar-refractivity contribution in [3.05, 3.63) is 59.9 Å². The predicted molar refractivity (Wildman–Crippen MR) is 106 cm³/mol. The summed E-state index contributed by atoms with van der Waals surface area (Å²) in [5.41, 5.74) is 3.11. The molecule has 1 saturated carbocycles. The number of carbonyl (C=O) groups excluding carboxylic acids is 1. The first kappa shape index (κ1) is 17.1. The zero-order valence-electron chi connectivity index (χ0n) is 15.9. The highest BCUT2D eigenvalue weighted by Gasteiger charge is 2.43. The molecule has 3 aromatic rings. The summed E-state index contributed by atoms with van der Waals surface area (Å²) in [6.07, 6.45) is 7.25. The van der Waals surface area contributed by atoms with Gasteiger partial charge in [0, 0.05) is 25.2 Å². The van der Waals surface area contributed by atoms with Crippen molar-refractivity contribution in [3.8, 4) is 17.1 Å². The van der Waals surface area contributed by atoms with Gasteiger partial charge in [-0.25, -0.2) is 0 Å². The van der Waals surface area contributed by atoms with Crippen LogP contribution in [-0.2, 0) is 7.05 Å². The van der Waals surface area contributed by atoms with Gasteiger partial charge in [0.05, 0.1) is 11.7 Å². The molecule has 0 radical (unpaired) electrons. The zero-order chi connectivity index (χ0) is 19.1. The lowest BCUT2D eigenvalue weighted by molar-refractivity contribution is 0.0360. The second kappa shape index (κ2) is 6.55. The fraction of sp³-hybridized carbons (Fsp3) is 0.364. The summed E-state index contributed by atoms with van der Waals surface area (Å²) >= 11 is 0. The molecule has 0 saturated heterocycles. The third kappa shape index (κ3) is 2.89. The summed E-state index contributed by atoms with van der Waals surface area (Å²) in [4.78, 5) is 13.0. The Morgan fingerprint density at radius 1 is 1.25 bits per heavy atom. The number of amides is 1. The number of hydrogen-bond donors (Lipinski definition) is 2. The van der Waals surface area contributed by atoms with E-state index in [9.17, 15) is 4.79 Å². The van der Waals surface area contributed by atoms with Crippen molar-refractivity contribution in [2.45, 2.75) is 43.7 Å². The average Bonchev–Trinajstić information content (AvgIpc) is 3.43. The van der Waals surface area contributed by atoms with Gasteiger partial charge < -0.3 is 14.6 Å². The maximum atomic E-state index is 13.0. The van der Waals surface area contributed by atoms with Crippen LogP contribution in [0, 0.1) is 0 Å². The third-order valence-corrected chi connectivity index (χ3v) is 6.05. The Labute approximate surface area is 163 Å². The number of benzene rings is 1. The maximum Gasteiger partial charge on any atom is 0.269 e. The minimum Gasteiger partial charge on any atom is -0.487 e. The summed E-state index contributed by atoms with van der Waals surface area (Å²) in [5.74, 6) is 0.762. The Morgan fingerprint density at radius 2 is 2.07 bits per heavy atom. The largest absolute Gasteiger partial charge is 0.487 e. The molecule has 3 heterocycles. The van der Waals surface area contributed by atoms with E-state index in [1.54, 1.807) is 6.07 Å². The number of carbonyl (C=O) groups is 1. The van der Waals surface area contributed by atoms with E-state index in [4.69, 9.17) is 4.74 Å². The number of aryl methyl sites for hydroxylation is 1. The minimum atomic E-state index is -0.144. The van der Waals surface area contributed by atoms with E-state index in [0.717, 1.165) is 42.0 Å². The van der Waals surface area contributed by atoms with Crippen molar-refractivity contribution in [1.82, 2.24) is 20.1 Å². The summed E-state index contributed by atoms with van der Waals surface area (Å²) in [6, 6.07) is 13.7. The van der Waals surface area contributed by atoms with Crippen LogP contribution in [0.5, 0.6) is 5.75 Å².